The molecule has 0 radical (unpaired) electrons. The Morgan fingerprint density at radius 2 is 1.64 bits per heavy atom. The van der Waals surface area contributed by atoms with Gasteiger partial charge in [0.05, 0.1) is 19.8 Å². The van der Waals surface area contributed by atoms with E-state index < -0.39 is 31.4 Å². The molecule has 0 bridgehead atoms. The lowest BCUT2D eigenvalue weighted by Gasteiger charge is -2.29. The van der Waals surface area contributed by atoms with Gasteiger partial charge in [-0.15, -0.1) is 0 Å². The SMILES string of the molecule is CC(C)NC(=O)NC(CO)(CO)CO. The number of urea groups is 1. The fourth-order valence-corrected chi connectivity index (χ4v) is 0.808. The zero-order chi connectivity index (χ0) is 11.2. The van der Waals surface area contributed by atoms with Gasteiger partial charge < -0.3 is 26.0 Å². The van der Waals surface area contributed by atoms with Gasteiger partial charge in [0.2, 0.25) is 0 Å². The minimum atomic E-state index is -1.36. The van der Waals surface area contributed by atoms with Crippen LogP contribution in [0.3, 0.4) is 0 Å². The van der Waals surface area contributed by atoms with E-state index in [9.17, 15) is 4.79 Å². The summed E-state index contributed by atoms with van der Waals surface area (Å²) in [5.74, 6) is 0. The highest BCUT2D eigenvalue weighted by Crippen LogP contribution is 2.00. The Labute approximate surface area is 82.9 Å². The summed E-state index contributed by atoms with van der Waals surface area (Å²) in [6, 6.07) is -0.582. The minimum absolute atomic E-state index is 0.0521. The second-order valence-electron chi connectivity index (χ2n) is 3.51. The van der Waals surface area contributed by atoms with E-state index in [0.717, 1.165) is 0 Å². The first kappa shape index (κ1) is 13.2. The number of carbonyl (C=O) groups excluding carboxylic acids is 1. The molecule has 0 aliphatic carbocycles. The van der Waals surface area contributed by atoms with Crippen LogP contribution >= 0.6 is 0 Å². The zero-order valence-corrected chi connectivity index (χ0v) is 8.45. The van der Waals surface area contributed by atoms with E-state index in [0.29, 0.717) is 0 Å². The molecule has 0 fully saturated rings. The quantitative estimate of drug-likeness (QED) is 0.374. The molecule has 0 unspecified atom stereocenters. The summed E-state index contributed by atoms with van der Waals surface area (Å²) in [7, 11) is 0. The van der Waals surface area contributed by atoms with Crippen molar-refractivity contribution in [1.29, 1.82) is 0 Å². The molecule has 84 valence electrons. The van der Waals surface area contributed by atoms with E-state index in [4.69, 9.17) is 15.3 Å². The molecule has 6 nitrogen and oxygen atoms in total. The van der Waals surface area contributed by atoms with Gasteiger partial charge in [-0.1, -0.05) is 0 Å². The number of carbonyl (C=O) groups is 1. The predicted octanol–water partition coefficient (Wildman–Crippen LogP) is -1.59. The van der Waals surface area contributed by atoms with Gasteiger partial charge in [0.1, 0.15) is 5.54 Å². The highest BCUT2D eigenvalue weighted by atomic mass is 16.3. The Morgan fingerprint density at radius 3 is 1.93 bits per heavy atom. The second kappa shape index (κ2) is 5.79. The van der Waals surface area contributed by atoms with Crippen molar-refractivity contribution in [1.82, 2.24) is 10.6 Å². The number of hydrogen-bond acceptors (Lipinski definition) is 4. The molecule has 0 aromatic rings. The van der Waals surface area contributed by atoms with Crippen LogP contribution in [-0.2, 0) is 0 Å². The maximum Gasteiger partial charge on any atom is 0.315 e. The summed E-state index contributed by atoms with van der Waals surface area (Å²) in [5, 5.41) is 31.5. The number of aliphatic hydroxyl groups excluding tert-OH is 3. The van der Waals surface area contributed by atoms with Crippen LogP contribution in [0.15, 0.2) is 0 Å². The molecule has 0 saturated heterocycles. The zero-order valence-electron chi connectivity index (χ0n) is 8.45. The van der Waals surface area contributed by atoms with Crippen LogP contribution in [0.1, 0.15) is 13.8 Å². The van der Waals surface area contributed by atoms with Crippen LogP contribution in [0.25, 0.3) is 0 Å². The van der Waals surface area contributed by atoms with Gasteiger partial charge in [0.15, 0.2) is 0 Å². The van der Waals surface area contributed by atoms with Crippen molar-refractivity contribution >= 4 is 6.03 Å². The van der Waals surface area contributed by atoms with Crippen molar-refractivity contribution in [2.45, 2.75) is 25.4 Å². The van der Waals surface area contributed by atoms with Crippen molar-refractivity contribution in [3.05, 3.63) is 0 Å². The summed E-state index contributed by atoms with van der Waals surface area (Å²) in [6.45, 7) is 1.98. The Bertz CT molecular complexity index is 172. The van der Waals surface area contributed by atoms with Crippen LogP contribution < -0.4 is 10.6 Å². The summed E-state index contributed by atoms with van der Waals surface area (Å²) in [4.78, 5) is 11.2. The third kappa shape index (κ3) is 3.91. The predicted molar refractivity (Wildman–Crippen MR) is 50.8 cm³/mol. The van der Waals surface area contributed by atoms with Gasteiger partial charge in [-0.05, 0) is 13.8 Å². The van der Waals surface area contributed by atoms with Crippen LogP contribution in [0.2, 0.25) is 0 Å². The lowest BCUT2D eigenvalue weighted by atomic mass is 10.0. The van der Waals surface area contributed by atoms with Crippen LogP contribution in [0.4, 0.5) is 4.79 Å². The highest BCUT2D eigenvalue weighted by Gasteiger charge is 2.29. The maximum absolute atomic E-state index is 11.2. The smallest absolute Gasteiger partial charge is 0.315 e. The average Bonchev–Trinajstić information content (AvgIpc) is 2.13. The molecule has 0 saturated carbocycles. The first-order valence-electron chi connectivity index (χ1n) is 4.41. The lowest BCUT2D eigenvalue weighted by molar-refractivity contribution is 0.0491. The van der Waals surface area contributed by atoms with Gasteiger partial charge in [-0.3, -0.25) is 0 Å². The van der Waals surface area contributed by atoms with E-state index in [2.05, 4.69) is 10.6 Å². The normalized spacial score (nSPS) is 11.6. The summed E-state index contributed by atoms with van der Waals surface area (Å²) in [6.07, 6.45) is 0. The highest BCUT2D eigenvalue weighted by molar-refractivity contribution is 5.75. The van der Waals surface area contributed by atoms with E-state index in [1.54, 1.807) is 13.8 Å². The second-order valence-corrected chi connectivity index (χ2v) is 3.51. The molecular weight excluding hydrogens is 188 g/mol. The van der Waals surface area contributed by atoms with Crippen molar-refractivity contribution in [2.75, 3.05) is 19.8 Å². The lowest BCUT2D eigenvalue weighted by Crippen LogP contribution is -2.60. The van der Waals surface area contributed by atoms with Gasteiger partial charge in [0.25, 0.3) is 0 Å². The van der Waals surface area contributed by atoms with E-state index in [-0.39, 0.29) is 6.04 Å². The molecule has 0 atom stereocenters. The Kier molecular flexibility index (Phi) is 5.44. The first-order valence-corrected chi connectivity index (χ1v) is 4.41. The molecule has 14 heavy (non-hydrogen) atoms. The number of amides is 2. The minimum Gasteiger partial charge on any atom is -0.394 e. The van der Waals surface area contributed by atoms with Gasteiger partial charge in [0, 0.05) is 6.04 Å². The molecule has 0 rings (SSSR count). The molecular formula is C8H18N2O4. The topological polar surface area (TPSA) is 102 Å². The molecule has 6 heteroatoms. The standard InChI is InChI=1S/C8H18N2O4/c1-6(2)9-7(14)10-8(3-11,4-12)5-13/h6,11-13H,3-5H2,1-2H3,(H2,9,10,14). The number of aliphatic hydroxyl groups is 3. The Balaban J connectivity index is 4.22. The molecule has 2 amide bonds. The monoisotopic (exact) mass is 206 g/mol. The molecule has 0 spiro atoms. The third-order valence-corrected chi connectivity index (χ3v) is 1.71. The molecule has 0 aliphatic heterocycles. The van der Waals surface area contributed by atoms with Gasteiger partial charge in [-0.2, -0.15) is 0 Å². The summed E-state index contributed by atoms with van der Waals surface area (Å²) in [5.41, 5.74) is -1.36. The molecule has 0 aromatic heterocycles. The Hall–Kier alpha value is -0.850. The van der Waals surface area contributed by atoms with Crippen LogP contribution in [0, 0.1) is 0 Å². The van der Waals surface area contributed by atoms with E-state index >= 15 is 0 Å². The maximum atomic E-state index is 11.2. The van der Waals surface area contributed by atoms with Gasteiger partial charge >= 0.3 is 6.03 Å². The summed E-state index contributed by atoms with van der Waals surface area (Å²) >= 11 is 0. The van der Waals surface area contributed by atoms with Crippen molar-refractivity contribution < 1.29 is 20.1 Å². The molecule has 0 aromatic carbocycles. The molecule has 0 heterocycles. The summed E-state index contributed by atoms with van der Waals surface area (Å²) < 4.78 is 0. The molecule has 0 aliphatic rings. The van der Waals surface area contributed by atoms with Crippen molar-refractivity contribution in [3.8, 4) is 0 Å². The largest absolute Gasteiger partial charge is 0.394 e. The fraction of sp³-hybridized carbons (Fsp3) is 0.875. The van der Waals surface area contributed by atoms with Crippen LogP contribution in [-0.4, -0.2) is 52.8 Å². The number of nitrogens with one attached hydrogen (secondary N) is 2. The van der Waals surface area contributed by atoms with E-state index in [1.807, 2.05) is 0 Å². The average molecular weight is 206 g/mol. The molecule has 5 N–H and O–H groups in total. The van der Waals surface area contributed by atoms with E-state index in [1.165, 1.54) is 0 Å². The van der Waals surface area contributed by atoms with Gasteiger partial charge in [-0.25, -0.2) is 4.79 Å². The fourth-order valence-electron chi connectivity index (χ4n) is 0.808. The van der Waals surface area contributed by atoms with Crippen LogP contribution in [0.5, 0.6) is 0 Å². The third-order valence-electron chi connectivity index (χ3n) is 1.71. The van der Waals surface area contributed by atoms with Crippen molar-refractivity contribution in [2.24, 2.45) is 0 Å². The number of rotatable bonds is 5. The number of hydrogen-bond donors (Lipinski definition) is 5. The Morgan fingerprint density at radius 1 is 1.21 bits per heavy atom. The first-order chi connectivity index (χ1) is 6.49. The van der Waals surface area contributed by atoms with Crippen molar-refractivity contribution in [3.63, 3.8) is 0 Å².